The number of rotatable bonds is 6. The Morgan fingerprint density at radius 3 is 2.92 bits per heavy atom. The molecule has 2 heterocycles. The van der Waals surface area contributed by atoms with Gasteiger partial charge in [-0.3, -0.25) is 19.2 Å². The Balaban J connectivity index is 1.61. The lowest BCUT2D eigenvalue weighted by molar-refractivity contribution is -0.121. The second-order valence-electron chi connectivity index (χ2n) is 6.25. The van der Waals surface area contributed by atoms with Crippen LogP contribution in [0, 0.1) is 0 Å². The average Bonchev–Trinajstić information content (AvgIpc) is 3.09. The van der Waals surface area contributed by atoms with E-state index in [1.165, 1.54) is 10.9 Å². The molecule has 0 unspecified atom stereocenters. The van der Waals surface area contributed by atoms with Crippen molar-refractivity contribution in [1.82, 2.24) is 20.0 Å². The molecule has 7 heteroatoms. The Labute approximate surface area is 152 Å². The van der Waals surface area contributed by atoms with Crippen molar-refractivity contribution >= 4 is 17.5 Å². The Bertz CT molecular complexity index is 812. The van der Waals surface area contributed by atoms with Crippen LogP contribution in [0.15, 0.2) is 48.8 Å². The number of carbonyl (C=O) groups is 2. The number of hydrogen-bond donors (Lipinski definition) is 2. The Kier molecular flexibility index (Phi) is 5.80. The molecular formula is C19H23N5O2. The third-order valence-corrected chi connectivity index (χ3v) is 4.21. The second kappa shape index (κ2) is 8.44. The fraction of sp³-hybridized carbons (Fsp3) is 0.316. The van der Waals surface area contributed by atoms with E-state index in [0.29, 0.717) is 11.3 Å². The van der Waals surface area contributed by atoms with Gasteiger partial charge in [0.15, 0.2) is 0 Å². The van der Waals surface area contributed by atoms with E-state index < -0.39 is 0 Å². The molecule has 1 aromatic heterocycles. The SMILES string of the molecule is CNC(=O)Cn1cc(NC(=O)c2cccc(CN3CC=CCC3)c2)cn1. The van der Waals surface area contributed by atoms with Crippen LogP contribution < -0.4 is 10.6 Å². The minimum Gasteiger partial charge on any atom is -0.358 e. The third kappa shape index (κ3) is 4.80. The molecule has 3 rings (SSSR count). The van der Waals surface area contributed by atoms with Gasteiger partial charge in [0.05, 0.1) is 11.9 Å². The molecule has 0 spiro atoms. The highest BCUT2D eigenvalue weighted by atomic mass is 16.2. The summed E-state index contributed by atoms with van der Waals surface area (Å²) in [6.45, 7) is 2.93. The van der Waals surface area contributed by atoms with Crippen molar-refractivity contribution in [2.75, 3.05) is 25.5 Å². The van der Waals surface area contributed by atoms with Crippen LogP contribution in [0.2, 0.25) is 0 Å². The Morgan fingerprint density at radius 2 is 2.15 bits per heavy atom. The average molecular weight is 353 g/mol. The lowest BCUT2D eigenvalue weighted by atomic mass is 10.1. The van der Waals surface area contributed by atoms with Gasteiger partial charge in [0, 0.05) is 38.4 Å². The van der Waals surface area contributed by atoms with Gasteiger partial charge in [-0.05, 0) is 24.1 Å². The molecular weight excluding hydrogens is 330 g/mol. The number of benzene rings is 1. The molecule has 1 aliphatic heterocycles. The van der Waals surface area contributed by atoms with E-state index in [9.17, 15) is 9.59 Å². The summed E-state index contributed by atoms with van der Waals surface area (Å²) in [5.74, 6) is -0.337. The molecule has 26 heavy (non-hydrogen) atoms. The molecule has 1 aliphatic rings. The van der Waals surface area contributed by atoms with Crippen LogP contribution in [0.1, 0.15) is 22.3 Å². The summed E-state index contributed by atoms with van der Waals surface area (Å²) in [6.07, 6.45) is 8.61. The van der Waals surface area contributed by atoms with Crippen molar-refractivity contribution < 1.29 is 9.59 Å². The summed E-state index contributed by atoms with van der Waals surface area (Å²) in [4.78, 5) is 26.2. The molecule has 0 bridgehead atoms. The van der Waals surface area contributed by atoms with Gasteiger partial charge in [-0.2, -0.15) is 5.10 Å². The van der Waals surface area contributed by atoms with Crippen molar-refractivity contribution in [3.63, 3.8) is 0 Å². The van der Waals surface area contributed by atoms with Crippen LogP contribution in [-0.2, 0) is 17.9 Å². The summed E-state index contributed by atoms with van der Waals surface area (Å²) in [5.41, 5.74) is 2.28. The van der Waals surface area contributed by atoms with Gasteiger partial charge < -0.3 is 10.6 Å². The molecule has 2 aromatic rings. The van der Waals surface area contributed by atoms with Crippen LogP contribution in [-0.4, -0.2) is 46.6 Å². The summed E-state index contributed by atoms with van der Waals surface area (Å²) < 4.78 is 1.48. The highest BCUT2D eigenvalue weighted by Gasteiger charge is 2.11. The molecule has 0 aliphatic carbocycles. The van der Waals surface area contributed by atoms with E-state index in [1.54, 1.807) is 19.3 Å². The van der Waals surface area contributed by atoms with Crippen LogP contribution in [0.4, 0.5) is 5.69 Å². The number of anilines is 1. The fourth-order valence-electron chi connectivity index (χ4n) is 2.85. The lowest BCUT2D eigenvalue weighted by Crippen LogP contribution is -2.26. The second-order valence-corrected chi connectivity index (χ2v) is 6.25. The van der Waals surface area contributed by atoms with Gasteiger partial charge in [-0.25, -0.2) is 0 Å². The summed E-state index contributed by atoms with van der Waals surface area (Å²) in [6, 6.07) is 7.65. The zero-order valence-corrected chi connectivity index (χ0v) is 14.8. The molecule has 0 radical (unpaired) electrons. The van der Waals surface area contributed by atoms with Crippen LogP contribution in [0.25, 0.3) is 0 Å². The third-order valence-electron chi connectivity index (χ3n) is 4.21. The standard InChI is InChI=1S/C19H23N5O2/c1-20-18(25)14-24-13-17(11-21-24)22-19(26)16-7-5-6-15(10-16)12-23-8-3-2-4-9-23/h2-3,5-7,10-11,13H,4,8-9,12,14H2,1H3,(H,20,25)(H,22,26). The first-order valence-corrected chi connectivity index (χ1v) is 8.65. The quantitative estimate of drug-likeness (QED) is 0.774. The normalized spacial score (nSPS) is 14.2. The van der Waals surface area contributed by atoms with E-state index in [1.807, 2.05) is 18.2 Å². The van der Waals surface area contributed by atoms with E-state index in [0.717, 1.165) is 31.6 Å². The molecule has 0 saturated carbocycles. The number of nitrogens with zero attached hydrogens (tertiary/aromatic N) is 3. The maximum absolute atomic E-state index is 12.5. The predicted octanol–water partition coefficient (Wildman–Crippen LogP) is 1.64. The van der Waals surface area contributed by atoms with E-state index in [-0.39, 0.29) is 18.4 Å². The first-order chi connectivity index (χ1) is 12.6. The van der Waals surface area contributed by atoms with Gasteiger partial charge >= 0.3 is 0 Å². The van der Waals surface area contributed by atoms with Crippen LogP contribution in [0.3, 0.4) is 0 Å². The molecule has 1 aromatic carbocycles. The van der Waals surface area contributed by atoms with Gasteiger partial charge in [-0.15, -0.1) is 0 Å². The molecule has 0 fully saturated rings. The topological polar surface area (TPSA) is 79.3 Å². The maximum atomic E-state index is 12.5. The van der Waals surface area contributed by atoms with E-state index in [2.05, 4.69) is 32.8 Å². The summed E-state index contributed by atoms with van der Waals surface area (Å²) >= 11 is 0. The van der Waals surface area contributed by atoms with Gasteiger partial charge in [0.1, 0.15) is 6.54 Å². The van der Waals surface area contributed by atoms with E-state index in [4.69, 9.17) is 0 Å². The predicted molar refractivity (Wildman–Crippen MR) is 99.7 cm³/mol. The molecule has 0 atom stereocenters. The molecule has 2 amide bonds. The number of likely N-dealkylation sites (N-methyl/N-ethyl adjacent to an activating group) is 1. The number of nitrogens with one attached hydrogen (secondary N) is 2. The monoisotopic (exact) mass is 353 g/mol. The first-order valence-electron chi connectivity index (χ1n) is 8.65. The highest BCUT2D eigenvalue weighted by molar-refractivity contribution is 6.04. The minimum absolute atomic E-state index is 0.117. The van der Waals surface area contributed by atoms with Gasteiger partial charge in [0.25, 0.3) is 5.91 Å². The number of hydrogen-bond acceptors (Lipinski definition) is 4. The van der Waals surface area contributed by atoms with Crippen molar-refractivity contribution in [1.29, 1.82) is 0 Å². The van der Waals surface area contributed by atoms with Gasteiger partial charge in [0.2, 0.25) is 5.91 Å². The molecule has 7 nitrogen and oxygen atoms in total. The van der Waals surface area contributed by atoms with Crippen molar-refractivity contribution in [3.8, 4) is 0 Å². The highest BCUT2D eigenvalue weighted by Crippen LogP contribution is 2.13. The Hall–Kier alpha value is -2.93. The molecule has 0 saturated heterocycles. The largest absolute Gasteiger partial charge is 0.358 e. The van der Waals surface area contributed by atoms with Crippen molar-refractivity contribution in [2.24, 2.45) is 0 Å². The fourth-order valence-corrected chi connectivity index (χ4v) is 2.85. The minimum atomic E-state index is -0.190. The molecule has 136 valence electrons. The zero-order valence-electron chi connectivity index (χ0n) is 14.8. The number of carbonyl (C=O) groups excluding carboxylic acids is 2. The lowest BCUT2D eigenvalue weighted by Gasteiger charge is -2.23. The Morgan fingerprint density at radius 1 is 1.27 bits per heavy atom. The van der Waals surface area contributed by atoms with Crippen LogP contribution >= 0.6 is 0 Å². The molecule has 2 N–H and O–H groups in total. The summed E-state index contributed by atoms with van der Waals surface area (Å²) in [7, 11) is 1.57. The number of aromatic nitrogens is 2. The zero-order chi connectivity index (χ0) is 18.4. The van der Waals surface area contributed by atoms with Gasteiger partial charge in [-0.1, -0.05) is 24.3 Å². The maximum Gasteiger partial charge on any atom is 0.255 e. The van der Waals surface area contributed by atoms with Crippen LogP contribution in [0.5, 0.6) is 0 Å². The first kappa shape index (κ1) is 17.9. The van der Waals surface area contributed by atoms with Crippen molar-refractivity contribution in [3.05, 3.63) is 59.9 Å². The number of amides is 2. The summed E-state index contributed by atoms with van der Waals surface area (Å²) in [5, 5.41) is 9.43. The van der Waals surface area contributed by atoms with Crippen molar-refractivity contribution in [2.45, 2.75) is 19.5 Å². The van der Waals surface area contributed by atoms with E-state index >= 15 is 0 Å². The smallest absolute Gasteiger partial charge is 0.255 e.